The van der Waals surface area contributed by atoms with Crippen LogP contribution in [0, 0.1) is 0 Å². The summed E-state index contributed by atoms with van der Waals surface area (Å²) in [6.45, 7) is 3.38. The highest BCUT2D eigenvalue weighted by molar-refractivity contribution is 6.00. The fourth-order valence-corrected chi connectivity index (χ4v) is 7.02. The van der Waals surface area contributed by atoms with Gasteiger partial charge in [-0.3, -0.25) is 9.59 Å². The smallest absolute Gasteiger partial charge is 0.254 e. The standard InChI is InChI=1S/C32H39N7O4/c1-36-29-24(15-21(17-27(29)42-2)32(41)37-11-5-7-22(33)18-37)35-31(36)26-16-20-9-10-23-25-8-6-13-38(25)28(40)19-43-14-4-3-12-39(26)30(20)34-23/h9-10,15-17,22,25H,3-8,11-14,18-19,33H2,1-2H3/t22-,25-/m1/s1. The average Bonchev–Trinajstić information content (AvgIpc) is 3.73. The number of pyridine rings is 1. The highest BCUT2D eigenvalue weighted by Crippen LogP contribution is 2.36. The summed E-state index contributed by atoms with van der Waals surface area (Å²) in [5.74, 6) is 1.37. The third kappa shape index (κ3) is 4.94. The minimum absolute atomic E-state index is 0.00278. The van der Waals surface area contributed by atoms with E-state index in [4.69, 9.17) is 25.2 Å². The maximum Gasteiger partial charge on any atom is 0.254 e. The summed E-state index contributed by atoms with van der Waals surface area (Å²) in [7, 11) is 3.61. The third-order valence-corrected chi connectivity index (χ3v) is 9.20. The van der Waals surface area contributed by atoms with Crippen LogP contribution in [-0.2, 0) is 23.1 Å². The fraction of sp³-hybridized carbons (Fsp3) is 0.500. The van der Waals surface area contributed by atoms with Crippen LogP contribution >= 0.6 is 0 Å². The van der Waals surface area contributed by atoms with Gasteiger partial charge in [0.1, 0.15) is 23.5 Å². The van der Waals surface area contributed by atoms with E-state index in [1.54, 1.807) is 7.11 Å². The zero-order valence-electron chi connectivity index (χ0n) is 24.9. The van der Waals surface area contributed by atoms with Crippen molar-refractivity contribution in [3.05, 3.63) is 41.6 Å². The molecule has 1 aromatic carbocycles. The zero-order chi connectivity index (χ0) is 29.7. The van der Waals surface area contributed by atoms with Crippen LogP contribution in [0.25, 0.3) is 33.6 Å². The Balaban J connectivity index is 1.33. The molecule has 11 heteroatoms. The molecule has 2 atom stereocenters. The number of rotatable bonds is 3. The normalized spacial score (nSPS) is 21.6. The van der Waals surface area contributed by atoms with Gasteiger partial charge in [0.25, 0.3) is 5.91 Å². The van der Waals surface area contributed by atoms with Gasteiger partial charge in [0, 0.05) is 56.8 Å². The summed E-state index contributed by atoms with van der Waals surface area (Å²) >= 11 is 0. The molecule has 6 heterocycles. The molecule has 0 radical (unpaired) electrons. The zero-order valence-corrected chi connectivity index (χ0v) is 24.9. The molecule has 2 N–H and O–H groups in total. The minimum Gasteiger partial charge on any atom is -0.494 e. The molecule has 43 heavy (non-hydrogen) atoms. The summed E-state index contributed by atoms with van der Waals surface area (Å²) in [4.78, 5) is 40.4. The molecule has 3 aliphatic heterocycles. The number of nitrogens with two attached hydrogens (primary N) is 1. The van der Waals surface area contributed by atoms with Gasteiger partial charge in [-0.15, -0.1) is 0 Å². The number of piperidine rings is 1. The number of likely N-dealkylation sites (tertiary alicyclic amines) is 1. The molecule has 2 amide bonds. The van der Waals surface area contributed by atoms with Gasteiger partial charge in [-0.1, -0.05) is 0 Å². The number of carbonyl (C=O) groups excluding carboxylic acids is 2. The summed E-state index contributed by atoms with van der Waals surface area (Å²) in [6.07, 6.45) is 5.39. The Morgan fingerprint density at radius 3 is 2.74 bits per heavy atom. The molecule has 7 rings (SSSR count). The lowest BCUT2D eigenvalue weighted by atomic mass is 10.0. The molecule has 0 spiro atoms. The Morgan fingerprint density at radius 1 is 1.05 bits per heavy atom. The molecule has 226 valence electrons. The number of hydrogen-bond acceptors (Lipinski definition) is 7. The van der Waals surface area contributed by atoms with E-state index in [0.29, 0.717) is 36.5 Å². The van der Waals surface area contributed by atoms with Crippen LogP contribution in [0.5, 0.6) is 5.75 Å². The van der Waals surface area contributed by atoms with Crippen molar-refractivity contribution in [2.24, 2.45) is 12.8 Å². The first-order valence-corrected chi connectivity index (χ1v) is 15.4. The monoisotopic (exact) mass is 585 g/mol. The number of nitrogens with zero attached hydrogens (tertiary/aromatic N) is 6. The molecule has 0 unspecified atom stereocenters. The van der Waals surface area contributed by atoms with E-state index in [1.165, 1.54) is 0 Å². The lowest BCUT2D eigenvalue weighted by molar-refractivity contribution is -0.137. The van der Waals surface area contributed by atoms with E-state index in [2.05, 4.69) is 22.8 Å². The molecule has 2 fully saturated rings. The molecule has 0 aliphatic carbocycles. The lowest BCUT2D eigenvalue weighted by Gasteiger charge is -2.30. The topological polar surface area (TPSA) is 121 Å². The first-order valence-electron chi connectivity index (χ1n) is 15.4. The predicted molar refractivity (Wildman–Crippen MR) is 163 cm³/mol. The first kappa shape index (κ1) is 27.8. The van der Waals surface area contributed by atoms with Gasteiger partial charge in [0.05, 0.1) is 30.1 Å². The van der Waals surface area contributed by atoms with Gasteiger partial charge < -0.3 is 34.1 Å². The van der Waals surface area contributed by atoms with Gasteiger partial charge in [0.15, 0.2) is 5.82 Å². The van der Waals surface area contributed by atoms with E-state index in [0.717, 1.165) is 85.4 Å². The second-order valence-corrected chi connectivity index (χ2v) is 12.0. The maximum absolute atomic E-state index is 13.5. The molecule has 0 saturated carbocycles. The Kier molecular flexibility index (Phi) is 7.30. The molecule has 4 aromatic rings. The molecule has 3 aromatic heterocycles. The number of hydrogen-bond donors (Lipinski definition) is 1. The number of ether oxygens (including phenoxy) is 2. The predicted octanol–water partition coefficient (Wildman–Crippen LogP) is 3.64. The van der Waals surface area contributed by atoms with Crippen LogP contribution < -0.4 is 10.5 Å². The Labute approximate surface area is 250 Å². The SMILES string of the molecule is COc1cc(C(=O)N2CCC[C@@H](N)C2)cc2nc(-c3cc4ccc5nc4n3CCCCOCC(=O)N3CCC[C@H]53)n(C)c12. The van der Waals surface area contributed by atoms with E-state index in [-0.39, 0.29) is 30.5 Å². The van der Waals surface area contributed by atoms with Crippen molar-refractivity contribution >= 4 is 33.9 Å². The molecular formula is C32H39N7O4. The molecule has 3 aliphatic rings. The highest BCUT2D eigenvalue weighted by Gasteiger charge is 2.32. The van der Waals surface area contributed by atoms with Crippen molar-refractivity contribution in [3.8, 4) is 17.3 Å². The molecular weight excluding hydrogens is 546 g/mol. The van der Waals surface area contributed by atoms with Crippen molar-refractivity contribution in [2.75, 3.05) is 40.0 Å². The molecule has 2 saturated heterocycles. The summed E-state index contributed by atoms with van der Waals surface area (Å²) in [5.41, 5.74) is 11.0. The summed E-state index contributed by atoms with van der Waals surface area (Å²) in [5, 5.41) is 1.03. The van der Waals surface area contributed by atoms with Gasteiger partial charge in [-0.25, -0.2) is 9.97 Å². The second kappa shape index (κ2) is 11.3. The Morgan fingerprint density at radius 2 is 1.91 bits per heavy atom. The van der Waals surface area contributed by atoms with Crippen LogP contribution in [0.2, 0.25) is 0 Å². The second-order valence-electron chi connectivity index (χ2n) is 12.0. The number of carbonyl (C=O) groups is 2. The van der Waals surface area contributed by atoms with Crippen molar-refractivity contribution in [1.82, 2.24) is 28.9 Å². The van der Waals surface area contributed by atoms with Crippen molar-refractivity contribution in [2.45, 2.75) is 57.2 Å². The van der Waals surface area contributed by atoms with E-state index < -0.39 is 0 Å². The van der Waals surface area contributed by atoms with Crippen LogP contribution in [0.1, 0.15) is 60.6 Å². The highest BCUT2D eigenvalue weighted by atomic mass is 16.5. The number of amides is 2. The number of imidazole rings is 1. The van der Waals surface area contributed by atoms with Gasteiger partial charge in [-0.05, 0) is 68.9 Å². The van der Waals surface area contributed by atoms with Crippen LogP contribution in [0.4, 0.5) is 0 Å². The minimum atomic E-state index is -0.0487. The maximum atomic E-state index is 13.5. The summed E-state index contributed by atoms with van der Waals surface area (Å²) in [6, 6.07) is 9.94. The lowest BCUT2D eigenvalue weighted by Crippen LogP contribution is -2.45. The Hall–Kier alpha value is -3.96. The first-order chi connectivity index (χ1) is 20.9. The fourth-order valence-electron chi connectivity index (χ4n) is 7.02. The van der Waals surface area contributed by atoms with Crippen LogP contribution in [0.3, 0.4) is 0 Å². The number of methoxy groups -OCH3 is 1. The third-order valence-electron chi connectivity index (χ3n) is 9.20. The Bertz CT molecular complexity index is 1710. The largest absolute Gasteiger partial charge is 0.494 e. The van der Waals surface area contributed by atoms with Gasteiger partial charge in [0.2, 0.25) is 5.91 Å². The number of benzene rings is 1. The van der Waals surface area contributed by atoms with Crippen molar-refractivity contribution in [3.63, 3.8) is 0 Å². The molecule has 11 nitrogen and oxygen atoms in total. The quantitative estimate of drug-likeness (QED) is 0.390. The van der Waals surface area contributed by atoms with E-state index in [1.807, 2.05) is 33.5 Å². The number of fused-ring (bicyclic) bond motifs is 4. The summed E-state index contributed by atoms with van der Waals surface area (Å²) < 4.78 is 15.9. The van der Waals surface area contributed by atoms with E-state index in [9.17, 15) is 9.59 Å². The number of aromatic nitrogens is 4. The van der Waals surface area contributed by atoms with Crippen molar-refractivity contribution < 1.29 is 19.1 Å². The van der Waals surface area contributed by atoms with Gasteiger partial charge >= 0.3 is 0 Å². The number of aryl methyl sites for hydroxylation is 2. The average molecular weight is 586 g/mol. The molecule has 2 bridgehead atoms. The van der Waals surface area contributed by atoms with Crippen molar-refractivity contribution in [1.29, 1.82) is 0 Å². The van der Waals surface area contributed by atoms with E-state index >= 15 is 0 Å². The van der Waals surface area contributed by atoms with Crippen LogP contribution in [-0.4, -0.2) is 86.7 Å². The van der Waals surface area contributed by atoms with Crippen LogP contribution in [0.15, 0.2) is 30.3 Å². The van der Waals surface area contributed by atoms with Gasteiger partial charge in [-0.2, -0.15) is 0 Å².